The second-order valence-electron chi connectivity index (χ2n) is 7.96. The molecule has 2 heterocycles. The second kappa shape index (κ2) is 10.6. The molecule has 3 aromatic rings. The summed E-state index contributed by atoms with van der Waals surface area (Å²) in [5.74, 6) is 1.95. The van der Waals surface area contributed by atoms with Crippen LogP contribution < -0.4 is 19.9 Å². The summed E-state index contributed by atoms with van der Waals surface area (Å²) in [6.45, 7) is 7.46. The molecule has 1 amide bonds. The molecule has 1 N–H and O–H groups in total. The van der Waals surface area contributed by atoms with Crippen LogP contribution in [0.3, 0.4) is 0 Å². The molecule has 0 atom stereocenters. The SMILES string of the molecule is COc1ccc(N2CCN(c3nccnc3SCC(=O)Nc3c(C)cccc3C)CC2)cc1. The fourth-order valence-electron chi connectivity index (χ4n) is 3.93. The molecule has 1 aliphatic heterocycles. The third kappa shape index (κ3) is 5.57. The topological polar surface area (TPSA) is 70.6 Å². The predicted molar refractivity (Wildman–Crippen MR) is 135 cm³/mol. The Labute approximate surface area is 199 Å². The Morgan fingerprint density at radius 1 is 0.970 bits per heavy atom. The average molecular weight is 464 g/mol. The van der Waals surface area contributed by atoms with Crippen molar-refractivity contribution in [1.82, 2.24) is 9.97 Å². The maximum absolute atomic E-state index is 12.6. The quantitative estimate of drug-likeness (QED) is 0.528. The molecule has 1 saturated heterocycles. The zero-order valence-corrected chi connectivity index (χ0v) is 20.1. The number of nitrogens with one attached hydrogen (secondary N) is 1. The van der Waals surface area contributed by atoms with E-state index in [-0.39, 0.29) is 11.7 Å². The maximum atomic E-state index is 12.6. The molecule has 0 bridgehead atoms. The van der Waals surface area contributed by atoms with Crippen molar-refractivity contribution in [2.24, 2.45) is 0 Å². The average Bonchev–Trinajstić information content (AvgIpc) is 2.85. The number of para-hydroxylation sites is 1. The van der Waals surface area contributed by atoms with Crippen molar-refractivity contribution in [2.75, 3.05) is 54.2 Å². The number of aryl methyl sites for hydroxylation is 2. The lowest BCUT2D eigenvalue weighted by molar-refractivity contribution is -0.113. The van der Waals surface area contributed by atoms with Gasteiger partial charge in [0.25, 0.3) is 0 Å². The maximum Gasteiger partial charge on any atom is 0.234 e. The smallest absolute Gasteiger partial charge is 0.234 e. The first-order chi connectivity index (χ1) is 16.0. The molecular weight excluding hydrogens is 434 g/mol. The highest BCUT2D eigenvalue weighted by Gasteiger charge is 2.22. The number of piperazine rings is 1. The second-order valence-corrected chi connectivity index (χ2v) is 8.92. The van der Waals surface area contributed by atoms with Gasteiger partial charge in [0.05, 0.1) is 12.9 Å². The van der Waals surface area contributed by atoms with Crippen LogP contribution in [-0.4, -0.2) is 54.9 Å². The first kappa shape index (κ1) is 22.9. The number of methoxy groups -OCH3 is 1. The van der Waals surface area contributed by atoms with E-state index in [0.29, 0.717) is 0 Å². The number of benzene rings is 2. The van der Waals surface area contributed by atoms with E-state index >= 15 is 0 Å². The lowest BCUT2D eigenvalue weighted by Crippen LogP contribution is -2.47. The molecule has 0 saturated carbocycles. The Kier molecular flexibility index (Phi) is 7.34. The minimum Gasteiger partial charge on any atom is -0.497 e. The molecule has 1 aliphatic rings. The molecule has 1 aromatic heterocycles. The Bertz CT molecular complexity index is 1080. The molecule has 0 radical (unpaired) electrons. The Hall–Kier alpha value is -3.26. The van der Waals surface area contributed by atoms with Gasteiger partial charge in [-0.2, -0.15) is 0 Å². The van der Waals surface area contributed by atoms with E-state index in [1.807, 2.05) is 44.2 Å². The number of thioether (sulfide) groups is 1. The normalized spacial score (nSPS) is 13.7. The monoisotopic (exact) mass is 463 g/mol. The molecule has 33 heavy (non-hydrogen) atoms. The standard InChI is InChI=1S/C25H29N5O2S/c1-18-5-4-6-19(2)23(18)28-22(31)17-33-25-24(26-11-12-27-25)30-15-13-29(14-16-30)20-7-9-21(32-3)10-8-20/h4-12H,13-17H2,1-3H3,(H,28,31). The first-order valence-electron chi connectivity index (χ1n) is 11.0. The first-order valence-corrected chi connectivity index (χ1v) is 12.0. The third-order valence-corrected chi connectivity index (χ3v) is 6.72. The van der Waals surface area contributed by atoms with Crippen LogP contribution in [0.4, 0.5) is 17.2 Å². The van der Waals surface area contributed by atoms with E-state index in [4.69, 9.17) is 4.74 Å². The van der Waals surface area contributed by atoms with Crippen LogP contribution >= 0.6 is 11.8 Å². The summed E-state index contributed by atoms with van der Waals surface area (Å²) in [7, 11) is 1.68. The number of hydrogen-bond donors (Lipinski definition) is 1. The van der Waals surface area contributed by atoms with Crippen molar-refractivity contribution in [3.05, 3.63) is 66.0 Å². The highest BCUT2D eigenvalue weighted by Crippen LogP contribution is 2.28. The van der Waals surface area contributed by atoms with E-state index in [1.54, 1.807) is 19.5 Å². The van der Waals surface area contributed by atoms with Gasteiger partial charge in [0.1, 0.15) is 10.8 Å². The third-order valence-electron chi connectivity index (χ3n) is 5.75. The molecule has 0 aliphatic carbocycles. The van der Waals surface area contributed by atoms with Gasteiger partial charge in [-0.15, -0.1) is 0 Å². The predicted octanol–water partition coefficient (Wildman–Crippen LogP) is 4.16. The molecule has 0 spiro atoms. The Morgan fingerprint density at radius 3 is 2.27 bits per heavy atom. The summed E-state index contributed by atoms with van der Waals surface area (Å²) in [5, 5.41) is 3.83. The summed E-state index contributed by atoms with van der Waals surface area (Å²) < 4.78 is 5.26. The fraction of sp³-hybridized carbons (Fsp3) is 0.320. The van der Waals surface area contributed by atoms with Crippen LogP contribution in [-0.2, 0) is 4.79 Å². The number of rotatable bonds is 7. The van der Waals surface area contributed by atoms with Gasteiger partial charge in [-0.25, -0.2) is 9.97 Å². The van der Waals surface area contributed by atoms with Gasteiger partial charge in [0, 0.05) is 49.9 Å². The van der Waals surface area contributed by atoms with E-state index in [1.165, 1.54) is 17.4 Å². The van der Waals surface area contributed by atoms with Gasteiger partial charge in [-0.05, 0) is 49.2 Å². The number of aromatic nitrogens is 2. The minimum atomic E-state index is -0.0432. The van der Waals surface area contributed by atoms with Crippen LogP contribution in [0.5, 0.6) is 5.75 Å². The number of ether oxygens (including phenoxy) is 1. The molecule has 4 rings (SSSR count). The van der Waals surface area contributed by atoms with Gasteiger partial charge in [0.2, 0.25) is 5.91 Å². The molecule has 8 heteroatoms. The Morgan fingerprint density at radius 2 is 1.61 bits per heavy atom. The van der Waals surface area contributed by atoms with Gasteiger partial charge in [-0.3, -0.25) is 4.79 Å². The van der Waals surface area contributed by atoms with E-state index < -0.39 is 0 Å². The van der Waals surface area contributed by atoms with Crippen LogP contribution in [0.15, 0.2) is 59.9 Å². The summed E-state index contributed by atoms with van der Waals surface area (Å²) >= 11 is 1.43. The molecule has 2 aromatic carbocycles. The Balaban J connectivity index is 1.36. The molecule has 0 unspecified atom stereocenters. The van der Waals surface area contributed by atoms with E-state index in [0.717, 1.165) is 59.6 Å². The van der Waals surface area contributed by atoms with Crippen LogP contribution in [0.25, 0.3) is 0 Å². The van der Waals surface area contributed by atoms with Crippen molar-refractivity contribution in [2.45, 2.75) is 18.9 Å². The zero-order valence-electron chi connectivity index (χ0n) is 19.2. The van der Waals surface area contributed by atoms with Crippen LogP contribution in [0.2, 0.25) is 0 Å². The van der Waals surface area contributed by atoms with Crippen molar-refractivity contribution in [3.63, 3.8) is 0 Å². The fourth-order valence-corrected chi connectivity index (χ4v) is 4.71. The van der Waals surface area contributed by atoms with Crippen molar-refractivity contribution >= 4 is 34.9 Å². The van der Waals surface area contributed by atoms with Crippen molar-refractivity contribution in [1.29, 1.82) is 0 Å². The number of amides is 1. The van der Waals surface area contributed by atoms with Crippen molar-refractivity contribution in [3.8, 4) is 5.75 Å². The number of carbonyl (C=O) groups excluding carboxylic acids is 1. The van der Waals surface area contributed by atoms with E-state index in [2.05, 4.69) is 37.2 Å². The summed E-state index contributed by atoms with van der Waals surface area (Å²) in [6.07, 6.45) is 3.40. The van der Waals surface area contributed by atoms with Gasteiger partial charge in [-0.1, -0.05) is 30.0 Å². The summed E-state index contributed by atoms with van der Waals surface area (Å²) in [6, 6.07) is 14.2. The number of nitrogens with zero attached hydrogens (tertiary/aromatic N) is 4. The summed E-state index contributed by atoms with van der Waals surface area (Å²) in [4.78, 5) is 26.3. The molecule has 7 nitrogen and oxygen atoms in total. The van der Waals surface area contributed by atoms with Gasteiger partial charge >= 0.3 is 0 Å². The summed E-state index contributed by atoms with van der Waals surface area (Å²) in [5.41, 5.74) is 4.19. The van der Waals surface area contributed by atoms with Crippen LogP contribution in [0.1, 0.15) is 11.1 Å². The number of hydrogen-bond acceptors (Lipinski definition) is 7. The highest BCUT2D eigenvalue weighted by atomic mass is 32.2. The lowest BCUT2D eigenvalue weighted by atomic mass is 10.1. The van der Waals surface area contributed by atoms with E-state index in [9.17, 15) is 4.79 Å². The van der Waals surface area contributed by atoms with Gasteiger partial charge in [0.15, 0.2) is 5.82 Å². The highest BCUT2D eigenvalue weighted by molar-refractivity contribution is 8.00. The van der Waals surface area contributed by atoms with Crippen LogP contribution in [0, 0.1) is 13.8 Å². The van der Waals surface area contributed by atoms with Crippen molar-refractivity contribution < 1.29 is 9.53 Å². The largest absolute Gasteiger partial charge is 0.497 e. The molecule has 1 fully saturated rings. The zero-order chi connectivity index (χ0) is 23.2. The molecular formula is C25H29N5O2S. The minimum absolute atomic E-state index is 0.0432. The molecule has 172 valence electrons. The lowest BCUT2D eigenvalue weighted by Gasteiger charge is -2.37. The van der Waals surface area contributed by atoms with Gasteiger partial charge < -0.3 is 19.9 Å². The number of anilines is 3. The number of carbonyl (C=O) groups is 1.